The third-order valence-corrected chi connectivity index (χ3v) is 3.73. The van der Waals surface area contributed by atoms with Crippen molar-refractivity contribution in [3.8, 4) is 0 Å². The number of aromatic nitrogens is 2. The largest absolute Gasteiger partial charge is 0.451 e. The van der Waals surface area contributed by atoms with E-state index in [1.54, 1.807) is 4.90 Å². The maximum Gasteiger partial charge on any atom is 0.451 e. The quantitative estimate of drug-likeness (QED) is 0.845. The molecule has 1 aromatic carbocycles. The topological polar surface area (TPSA) is 55.3 Å². The molecule has 1 aliphatic rings. The van der Waals surface area contributed by atoms with E-state index >= 15 is 0 Å². The highest BCUT2D eigenvalue weighted by atomic mass is 19.4. The summed E-state index contributed by atoms with van der Waals surface area (Å²) in [5.74, 6) is -1.68. The van der Waals surface area contributed by atoms with E-state index in [9.17, 15) is 18.0 Å². The first kappa shape index (κ1) is 16.4. The molecule has 126 valence electrons. The van der Waals surface area contributed by atoms with Gasteiger partial charge in [0, 0.05) is 18.9 Å². The highest BCUT2D eigenvalue weighted by Crippen LogP contribution is 2.27. The summed E-state index contributed by atoms with van der Waals surface area (Å²) in [6, 6.07) is 9.03. The number of ether oxygens (including phenoxy) is 1. The lowest BCUT2D eigenvalue weighted by Crippen LogP contribution is -2.43. The van der Waals surface area contributed by atoms with Crippen molar-refractivity contribution in [1.29, 1.82) is 0 Å². The van der Waals surface area contributed by atoms with Crippen LogP contribution in [0.15, 0.2) is 42.7 Å². The molecule has 1 fully saturated rings. The number of hydrogen-bond acceptors (Lipinski definition) is 4. The van der Waals surface area contributed by atoms with Crippen molar-refractivity contribution >= 4 is 5.91 Å². The fourth-order valence-corrected chi connectivity index (χ4v) is 2.55. The van der Waals surface area contributed by atoms with Gasteiger partial charge in [0.1, 0.15) is 0 Å². The van der Waals surface area contributed by atoms with Crippen LogP contribution in [0, 0.1) is 0 Å². The maximum atomic E-state index is 12.7. The first-order valence-corrected chi connectivity index (χ1v) is 7.30. The van der Waals surface area contributed by atoms with Gasteiger partial charge in [0.2, 0.25) is 5.82 Å². The van der Waals surface area contributed by atoms with Crippen molar-refractivity contribution in [2.24, 2.45) is 0 Å². The normalized spacial score (nSPS) is 18.5. The molecule has 1 amide bonds. The molecule has 8 heteroatoms. The summed E-state index contributed by atoms with van der Waals surface area (Å²) in [5, 5.41) is 0. The Morgan fingerprint density at radius 2 is 1.83 bits per heavy atom. The predicted octanol–water partition coefficient (Wildman–Crippen LogP) is 2.71. The average Bonchev–Trinajstić information content (AvgIpc) is 2.61. The lowest BCUT2D eigenvalue weighted by molar-refractivity contribution is -0.145. The number of benzene rings is 1. The lowest BCUT2D eigenvalue weighted by atomic mass is 10.0. The zero-order valence-electron chi connectivity index (χ0n) is 12.5. The molecule has 0 radical (unpaired) electrons. The average molecular weight is 337 g/mol. The predicted molar refractivity (Wildman–Crippen MR) is 78.1 cm³/mol. The molecule has 2 aromatic rings. The van der Waals surface area contributed by atoms with E-state index < -0.39 is 17.9 Å². The zero-order chi connectivity index (χ0) is 17.2. The van der Waals surface area contributed by atoms with E-state index in [2.05, 4.69) is 9.97 Å². The minimum Gasteiger partial charge on any atom is -0.377 e. The molecule has 0 aliphatic carbocycles. The second-order valence-electron chi connectivity index (χ2n) is 5.29. The number of hydrogen-bond donors (Lipinski definition) is 0. The Labute approximate surface area is 136 Å². The van der Waals surface area contributed by atoms with Gasteiger partial charge in [-0.3, -0.25) is 4.79 Å². The SMILES string of the molecule is O=C(c1cnc(C(F)(F)F)nc1)N1CCOC[C@@H]1c1ccccc1. The molecule has 1 saturated heterocycles. The van der Waals surface area contributed by atoms with Crippen molar-refractivity contribution in [1.82, 2.24) is 14.9 Å². The van der Waals surface area contributed by atoms with E-state index in [4.69, 9.17) is 4.74 Å². The number of halogens is 3. The van der Waals surface area contributed by atoms with Crippen LogP contribution in [-0.4, -0.2) is 40.5 Å². The van der Waals surface area contributed by atoms with Gasteiger partial charge in [0.15, 0.2) is 0 Å². The van der Waals surface area contributed by atoms with Gasteiger partial charge in [-0.15, -0.1) is 0 Å². The number of carbonyl (C=O) groups excluding carboxylic acids is 1. The van der Waals surface area contributed by atoms with Crippen LogP contribution in [0.2, 0.25) is 0 Å². The minimum absolute atomic E-state index is 0.0193. The number of alkyl halides is 3. The van der Waals surface area contributed by atoms with E-state index in [-0.39, 0.29) is 11.6 Å². The van der Waals surface area contributed by atoms with Crippen LogP contribution in [-0.2, 0) is 10.9 Å². The third kappa shape index (κ3) is 3.38. The van der Waals surface area contributed by atoms with Crippen molar-refractivity contribution in [3.63, 3.8) is 0 Å². The van der Waals surface area contributed by atoms with Crippen LogP contribution in [0.1, 0.15) is 27.8 Å². The molecule has 0 unspecified atom stereocenters. The molecule has 0 saturated carbocycles. The molecular formula is C16H14F3N3O2. The smallest absolute Gasteiger partial charge is 0.377 e. The van der Waals surface area contributed by atoms with E-state index in [1.165, 1.54) is 0 Å². The summed E-state index contributed by atoms with van der Waals surface area (Å²) in [5.41, 5.74) is 0.921. The second-order valence-corrected chi connectivity index (χ2v) is 5.29. The monoisotopic (exact) mass is 337 g/mol. The highest BCUT2D eigenvalue weighted by Gasteiger charge is 2.35. The number of carbonyl (C=O) groups is 1. The molecule has 2 heterocycles. The van der Waals surface area contributed by atoms with Crippen molar-refractivity contribution in [2.75, 3.05) is 19.8 Å². The molecule has 1 aliphatic heterocycles. The molecule has 24 heavy (non-hydrogen) atoms. The van der Waals surface area contributed by atoms with Crippen LogP contribution in [0.25, 0.3) is 0 Å². The number of amides is 1. The summed E-state index contributed by atoms with van der Waals surface area (Å²) in [7, 11) is 0. The van der Waals surface area contributed by atoms with Gasteiger partial charge >= 0.3 is 6.18 Å². The van der Waals surface area contributed by atoms with Gasteiger partial charge in [-0.25, -0.2) is 9.97 Å². The van der Waals surface area contributed by atoms with Crippen LogP contribution in [0.4, 0.5) is 13.2 Å². The Bertz CT molecular complexity index is 705. The zero-order valence-corrected chi connectivity index (χ0v) is 12.5. The number of morpholine rings is 1. The van der Waals surface area contributed by atoms with Crippen LogP contribution in [0.3, 0.4) is 0 Å². The van der Waals surface area contributed by atoms with Crippen LogP contribution < -0.4 is 0 Å². The number of rotatable bonds is 2. The van der Waals surface area contributed by atoms with E-state index in [1.807, 2.05) is 30.3 Å². The van der Waals surface area contributed by atoms with Crippen molar-refractivity contribution < 1.29 is 22.7 Å². The summed E-state index contributed by atoms with van der Waals surface area (Å²) in [6.45, 7) is 1.05. The summed E-state index contributed by atoms with van der Waals surface area (Å²) in [6.07, 6.45) is -2.81. The molecule has 1 atom stereocenters. The van der Waals surface area contributed by atoms with Gasteiger partial charge in [-0.1, -0.05) is 30.3 Å². The number of nitrogens with zero attached hydrogens (tertiary/aromatic N) is 3. The molecule has 0 N–H and O–H groups in total. The molecular weight excluding hydrogens is 323 g/mol. The van der Waals surface area contributed by atoms with E-state index in [0.29, 0.717) is 19.8 Å². The summed E-state index contributed by atoms with van der Waals surface area (Å²) < 4.78 is 43.0. The van der Waals surface area contributed by atoms with Crippen molar-refractivity contribution in [3.05, 3.63) is 59.7 Å². The summed E-state index contributed by atoms with van der Waals surface area (Å²) in [4.78, 5) is 20.7. The molecule has 0 spiro atoms. The van der Waals surface area contributed by atoms with Crippen LogP contribution in [0.5, 0.6) is 0 Å². The molecule has 0 bridgehead atoms. The molecule has 5 nitrogen and oxygen atoms in total. The Hall–Kier alpha value is -2.48. The first-order valence-electron chi connectivity index (χ1n) is 7.30. The second kappa shape index (κ2) is 6.56. The van der Waals surface area contributed by atoms with Gasteiger partial charge in [0.25, 0.3) is 5.91 Å². The standard InChI is InChI=1S/C16H14F3N3O2/c17-16(18,19)15-20-8-12(9-21-15)14(23)22-6-7-24-10-13(22)11-4-2-1-3-5-11/h1-5,8-9,13H,6-7,10H2/t13-/m1/s1. The highest BCUT2D eigenvalue weighted by molar-refractivity contribution is 5.94. The van der Waals surface area contributed by atoms with Gasteiger partial charge < -0.3 is 9.64 Å². The lowest BCUT2D eigenvalue weighted by Gasteiger charge is -2.35. The molecule has 3 rings (SSSR count). The Kier molecular flexibility index (Phi) is 4.48. The third-order valence-electron chi connectivity index (χ3n) is 3.73. The van der Waals surface area contributed by atoms with Gasteiger partial charge in [-0.05, 0) is 5.56 Å². The van der Waals surface area contributed by atoms with Gasteiger partial charge in [0.05, 0.1) is 24.8 Å². The fourth-order valence-electron chi connectivity index (χ4n) is 2.55. The van der Waals surface area contributed by atoms with Crippen molar-refractivity contribution in [2.45, 2.75) is 12.2 Å². The van der Waals surface area contributed by atoms with Gasteiger partial charge in [-0.2, -0.15) is 13.2 Å². The first-order chi connectivity index (χ1) is 11.5. The van der Waals surface area contributed by atoms with E-state index in [0.717, 1.165) is 18.0 Å². The Morgan fingerprint density at radius 3 is 2.46 bits per heavy atom. The summed E-state index contributed by atoms with van der Waals surface area (Å²) >= 11 is 0. The Balaban J connectivity index is 1.84. The Morgan fingerprint density at radius 1 is 1.17 bits per heavy atom. The van der Waals surface area contributed by atoms with Crippen LogP contribution >= 0.6 is 0 Å². The fraction of sp³-hybridized carbons (Fsp3) is 0.312. The molecule has 1 aromatic heterocycles. The maximum absolute atomic E-state index is 12.7. The minimum atomic E-state index is -4.63.